The molecular formula is C15H15FN2O4S. The van der Waals surface area contributed by atoms with Crippen molar-refractivity contribution in [2.75, 3.05) is 26.2 Å². The molecule has 1 aliphatic heterocycles. The second-order valence-electron chi connectivity index (χ2n) is 5.13. The molecule has 23 heavy (non-hydrogen) atoms. The molecule has 0 saturated carbocycles. The highest BCUT2D eigenvalue weighted by Gasteiger charge is 2.31. The molecule has 1 aromatic heterocycles. The lowest BCUT2D eigenvalue weighted by Gasteiger charge is -2.33. The molecule has 1 saturated heterocycles. The number of benzene rings is 1. The van der Waals surface area contributed by atoms with E-state index in [1.165, 1.54) is 33.7 Å². The Morgan fingerprint density at radius 1 is 1.09 bits per heavy atom. The largest absolute Gasteiger partial charge is 0.459 e. The van der Waals surface area contributed by atoms with Crippen LogP contribution in [0.3, 0.4) is 0 Å². The number of furan rings is 1. The summed E-state index contributed by atoms with van der Waals surface area (Å²) in [6.07, 6.45) is 1.41. The van der Waals surface area contributed by atoms with E-state index in [1.54, 1.807) is 12.1 Å². The fourth-order valence-corrected chi connectivity index (χ4v) is 3.92. The maximum absolute atomic E-state index is 13.2. The van der Waals surface area contributed by atoms with Gasteiger partial charge < -0.3 is 9.32 Å². The van der Waals surface area contributed by atoms with Gasteiger partial charge in [0.05, 0.1) is 11.2 Å². The van der Waals surface area contributed by atoms with Crippen LogP contribution in [0.4, 0.5) is 4.39 Å². The molecule has 2 heterocycles. The van der Waals surface area contributed by atoms with E-state index in [9.17, 15) is 17.6 Å². The lowest BCUT2D eigenvalue weighted by molar-refractivity contribution is 0.0666. The van der Waals surface area contributed by atoms with Crippen LogP contribution in [0.15, 0.2) is 52.0 Å². The van der Waals surface area contributed by atoms with Crippen molar-refractivity contribution in [3.63, 3.8) is 0 Å². The number of amides is 1. The molecule has 0 atom stereocenters. The van der Waals surface area contributed by atoms with Gasteiger partial charge in [-0.25, -0.2) is 12.8 Å². The fraction of sp³-hybridized carbons (Fsp3) is 0.267. The lowest BCUT2D eigenvalue weighted by Crippen LogP contribution is -2.50. The molecule has 2 aromatic rings. The molecule has 0 bridgehead atoms. The predicted molar refractivity (Wildman–Crippen MR) is 79.8 cm³/mol. The summed E-state index contributed by atoms with van der Waals surface area (Å²) in [5.41, 5.74) is 0. The topological polar surface area (TPSA) is 70.8 Å². The molecule has 0 aliphatic carbocycles. The Kier molecular flexibility index (Phi) is 4.18. The summed E-state index contributed by atoms with van der Waals surface area (Å²) in [5.74, 6) is -0.637. The summed E-state index contributed by atoms with van der Waals surface area (Å²) >= 11 is 0. The van der Waals surface area contributed by atoms with Crippen LogP contribution in [-0.4, -0.2) is 49.7 Å². The van der Waals surface area contributed by atoms with Crippen molar-refractivity contribution in [3.8, 4) is 0 Å². The first-order valence-corrected chi connectivity index (χ1v) is 8.51. The number of carbonyl (C=O) groups excluding carboxylic acids is 1. The quantitative estimate of drug-likeness (QED) is 0.852. The number of carbonyl (C=O) groups is 1. The summed E-state index contributed by atoms with van der Waals surface area (Å²) in [7, 11) is -3.76. The Morgan fingerprint density at radius 3 is 2.43 bits per heavy atom. The van der Waals surface area contributed by atoms with Crippen molar-refractivity contribution >= 4 is 15.9 Å². The molecule has 0 radical (unpaired) electrons. The number of sulfonamides is 1. The molecule has 1 aromatic carbocycles. The van der Waals surface area contributed by atoms with Gasteiger partial charge in [-0.05, 0) is 30.3 Å². The molecule has 0 unspecified atom stereocenters. The Bertz CT molecular complexity index is 797. The first kappa shape index (κ1) is 15.7. The Balaban J connectivity index is 1.70. The first-order chi connectivity index (χ1) is 11.0. The number of hydrogen-bond donors (Lipinski definition) is 0. The van der Waals surface area contributed by atoms with Gasteiger partial charge in [-0.1, -0.05) is 6.07 Å². The van der Waals surface area contributed by atoms with Crippen LogP contribution in [-0.2, 0) is 10.0 Å². The van der Waals surface area contributed by atoms with Crippen LogP contribution in [0.2, 0.25) is 0 Å². The zero-order chi connectivity index (χ0) is 16.4. The lowest BCUT2D eigenvalue weighted by atomic mass is 10.3. The van der Waals surface area contributed by atoms with Crippen LogP contribution in [0.1, 0.15) is 10.6 Å². The maximum atomic E-state index is 13.2. The molecule has 6 nitrogen and oxygen atoms in total. The van der Waals surface area contributed by atoms with E-state index in [0.717, 1.165) is 6.07 Å². The minimum Gasteiger partial charge on any atom is -0.459 e. The Labute approximate surface area is 133 Å². The van der Waals surface area contributed by atoms with E-state index in [2.05, 4.69) is 0 Å². The number of hydrogen-bond acceptors (Lipinski definition) is 4. The van der Waals surface area contributed by atoms with Crippen molar-refractivity contribution < 1.29 is 22.0 Å². The monoisotopic (exact) mass is 338 g/mol. The molecule has 3 rings (SSSR count). The van der Waals surface area contributed by atoms with Crippen molar-refractivity contribution in [2.24, 2.45) is 0 Å². The molecule has 1 amide bonds. The van der Waals surface area contributed by atoms with Gasteiger partial charge in [0.25, 0.3) is 5.91 Å². The summed E-state index contributed by atoms with van der Waals surface area (Å²) in [4.78, 5) is 13.6. The second kappa shape index (κ2) is 6.13. The number of rotatable bonds is 3. The van der Waals surface area contributed by atoms with Gasteiger partial charge in [0.15, 0.2) is 5.76 Å². The highest BCUT2D eigenvalue weighted by atomic mass is 32.2. The van der Waals surface area contributed by atoms with Crippen LogP contribution < -0.4 is 0 Å². The Morgan fingerprint density at radius 2 is 1.83 bits per heavy atom. The second-order valence-corrected chi connectivity index (χ2v) is 7.07. The van der Waals surface area contributed by atoms with Crippen molar-refractivity contribution in [1.29, 1.82) is 0 Å². The van der Waals surface area contributed by atoms with E-state index in [1.807, 2.05) is 0 Å². The van der Waals surface area contributed by atoms with Crippen LogP contribution in [0.5, 0.6) is 0 Å². The first-order valence-electron chi connectivity index (χ1n) is 7.07. The molecule has 0 N–H and O–H groups in total. The van der Waals surface area contributed by atoms with Crippen LogP contribution in [0, 0.1) is 5.82 Å². The highest BCUT2D eigenvalue weighted by molar-refractivity contribution is 7.89. The fourth-order valence-electron chi connectivity index (χ4n) is 2.46. The smallest absolute Gasteiger partial charge is 0.289 e. The predicted octanol–water partition coefficient (Wildman–Crippen LogP) is 1.57. The van der Waals surface area contributed by atoms with Gasteiger partial charge in [-0.15, -0.1) is 0 Å². The van der Waals surface area contributed by atoms with Gasteiger partial charge in [0, 0.05) is 26.2 Å². The third-order valence-corrected chi connectivity index (χ3v) is 5.59. The highest BCUT2D eigenvalue weighted by Crippen LogP contribution is 2.19. The van der Waals surface area contributed by atoms with E-state index < -0.39 is 15.8 Å². The zero-order valence-electron chi connectivity index (χ0n) is 12.2. The Hall–Kier alpha value is -2.19. The molecule has 0 spiro atoms. The number of halogens is 1. The normalized spacial score (nSPS) is 16.5. The summed E-state index contributed by atoms with van der Waals surface area (Å²) in [5, 5.41) is 0. The zero-order valence-corrected chi connectivity index (χ0v) is 13.0. The molecule has 8 heteroatoms. The molecule has 1 aliphatic rings. The summed E-state index contributed by atoms with van der Waals surface area (Å²) < 4.78 is 44.5. The van der Waals surface area contributed by atoms with Crippen LogP contribution in [0.25, 0.3) is 0 Å². The number of nitrogens with zero attached hydrogens (tertiary/aromatic N) is 2. The van der Waals surface area contributed by atoms with Crippen molar-refractivity contribution in [3.05, 3.63) is 54.2 Å². The molecular weight excluding hydrogens is 323 g/mol. The van der Waals surface area contributed by atoms with E-state index in [0.29, 0.717) is 0 Å². The van der Waals surface area contributed by atoms with Gasteiger partial charge in [0.2, 0.25) is 10.0 Å². The van der Waals surface area contributed by atoms with Crippen molar-refractivity contribution in [1.82, 2.24) is 9.21 Å². The van der Waals surface area contributed by atoms with Gasteiger partial charge in [-0.2, -0.15) is 4.31 Å². The third kappa shape index (κ3) is 3.13. The third-order valence-electron chi connectivity index (χ3n) is 3.69. The van der Waals surface area contributed by atoms with Gasteiger partial charge >= 0.3 is 0 Å². The summed E-state index contributed by atoms with van der Waals surface area (Å²) in [6, 6.07) is 8.10. The number of piperazine rings is 1. The van der Waals surface area contributed by atoms with E-state index in [-0.39, 0.29) is 42.7 Å². The molecule has 122 valence electrons. The van der Waals surface area contributed by atoms with Gasteiger partial charge in [-0.3, -0.25) is 4.79 Å². The van der Waals surface area contributed by atoms with Gasteiger partial charge in [0.1, 0.15) is 5.82 Å². The summed E-state index contributed by atoms with van der Waals surface area (Å²) in [6.45, 7) is 0.832. The minimum absolute atomic E-state index is 0.0803. The van der Waals surface area contributed by atoms with Crippen LogP contribution >= 0.6 is 0 Å². The van der Waals surface area contributed by atoms with E-state index >= 15 is 0 Å². The standard InChI is InChI=1S/C15H15FN2O4S/c16-12-3-1-4-13(11-12)23(20,21)18-8-6-17(7-9-18)15(19)14-5-2-10-22-14/h1-5,10-11H,6-9H2. The average molecular weight is 338 g/mol. The van der Waals surface area contributed by atoms with Crippen molar-refractivity contribution in [2.45, 2.75) is 4.90 Å². The molecule has 1 fully saturated rings. The maximum Gasteiger partial charge on any atom is 0.289 e. The SMILES string of the molecule is O=C(c1ccco1)N1CCN(S(=O)(=O)c2cccc(F)c2)CC1. The van der Waals surface area contributed by atoms with E-state index in [4.69, 9.17) is 4.42 Å². The average Bonchev–Trinajstić information content (AvgIpc) is 3.09. The minimum atomic E-state index is -3.76.